The summed E-state index contributed by atoms with van der Waals surface area (Å²) in [5.41, 5.74) is 1.89. The van der Waals surface area contributed by atoms with Crippen LogP contribution in [0.4, 0.5) is 0 Å². The molecule has 19 heavy (non-hydrogen) atoms. The van der Waals surface area contributed by atoms with E-state index in [0.717, 1.165) is 21.8 Å². The zero-order valence-electron chi connectivity index (χ0n) is 10.6. The smallest absolute Gasteiger partial charge is 0.125 e. The molecule has 3 rings (SSSR count). The van der Waals surface area contributed by atoms with Crippen molar-refractivity contribution < 1.29 is 9.84 Å². The van der Waals surface area contributed by atoms with E-state index in [0.29, 0.717) is 0 Å². The number of ether oxygens (including phenoxy) is 1. The molecular weight excluding hydrogens is 256 g/mol. The van der Waals surface area contributed by atoms with Crippen LogP contribution in [0.5, 0.6) is 5.75 Å². The van der Waals surface area contributed by atoms with E-state index in [9.17, 15) is 5.11 Å². The number of methoxy groups -OCH3 is 1. The highest BCUT2D eigenvalue weighted by Gasteiger charge is 2.12. The average molecular weight is 270 g/mol. The lowest BCUT2D eigenvalue weighted by atomic mass is 10.0. The summed E-state index contributed by atoms with van der Waals surface area (Å²) in [7, 11) is 1.63. The molecule has 1 N–H and O–H groups in total. The van der Waals surface area contributed by atoms with Crippen molar-refractivity contribution >= 4 is 21.4 Å². The maximum atomic E-state index is 9.59. The molecule has 0 unspecified atom stereocenters. The maximum absolute atomic E-state index is 9.59. The van der Waals surface area contributed by atoms with Gasteiger partial charge in [-0.05, 0) is 23.6 Å². The molecule has 3 heteroatoms. The van der Waals surface area contributed by atoms with Crippen molar-refractivity contribution in [1.29, 1.82) is 0 Å². The molecule has 0 saturated heterocycles. The largest absolute Gasteiger partial charge is 0.496 e. The number of thiophene rings is 1. The van der Waals surface area contributed by atoms with E-state index < -0.39 is 0 Å². The van der Waals surface area contributed by atoms with Crippen LogP contribution in [0.2, 0.25) is 0 Å². The summed E-state index contributed by atoms with van der Waals surface area (Å²) in [5, 5.41) is 10.8. The minimum Gasteiger partial charge on any atom is -0.496 e. The molecule has 0 bridgehead atoms. The molecule has 0 aliphatic rings. The van der Waals surface area contributed by atoms with Gasteiger partial charge in [0.1, 0.15) is 5.75 Å². The lowest BCUT2D eigenvalue weighted by molar-refractivity contribution is 0.274. The summed E-state index contributed by atoms with van der Waals surface area (Å²) >= 11 is 1.73. The molecule has 96 valence electrons. The van der Waals surface area contributed by atoms with Gasteiger partial charge in [0.25, 0.3) is 0 Å². The van der Waals surface area contributed by atoms with E-state index in [1.54, 1.807) is 18.4 Å². The van der Waals surface area contributed by atoms with Crippen LogP contribution < -0.4 is 4.74 Å². The lowest BCUT2D eigenvalue weighted by Gasteiger charge is -2.10. The summed E-state index contributed by atoms with van der Waals surface area (Å²) < 4.78 is 6.57. The first kappa shape index (κ1) is 12.2. The van der Waals surface area contributed by atoms with Crippen LogP contribution in [0, 0.1) is 0 Å². The Balaban J connectivity index is 2.20. The van der Waals surface area contributed by atoms with E-state index in [4.69, 9.17) is 4.74 Å². The maximum Gasteiger partial charge on any atom is 0.125 e. The third kappa shape index (κ3) is 2.11. The highest BCUT2D eigenvalue weighted by molar-refractivity contribution is 7.22. The van der Waals surface area contributed by atoms with Gasteiger partial charge in [-0.3, -0.25) is 0 Å². The fourth-order valence-corrected chi connectivity index (χ4v) is 3.38. The second kappa shape index (κ2) is 5.03. The highest BCUT2D eigenvalue weighted by Crippen LogP contribution is 2.37. The van der Waals surface area contributed by atoms with Crippen molar-refractivity contribution in [2.75, 3.05) is 7.11 Å². The Hall–Kier alpha value is -1.84. The summed E-state index contributed by atoms with van der Waals surface area (Å²) in [6, 6.07) is 16.3. The average Bonchev–Trinajstić information content (AvgIpc) is 2.89. The molecule has 1 aromatic heterocycles. The first-order chi connectivity index (χ1) is 9.33. The van der Waals surface area contributed by atoms with Gasteiger partial charge in [0.05, 0.1) is 13.7 Å². The van der Waals surface area contributed by atoms with Crippen LogP contribution in [0.3, 0.4) is 0 Å². The number of rotatable bonds is 3. The fraction of sp³-hybridized carbons (Fsp3) is 0.125. The van der Waals surface area contributed by atoms with Gasteiger partial charge in [-0.2, -0.15) is 0 Å². The molecule has 1 heterocycles. The minimum atomic E-state index is -0.0202. The van der Waals surface area contributed by atoms with E-state index in [-0.39, 0.29) is 6.61 Å². The third-order valence-electron chi connectivity index (χ3n) is 3.20. The first-order valence-electron chi connectivity index (χ1n) is 6.09. The molecule has 0 radical (unpaired) electrons. The van der Waals surface area contributed by atoms with Crippen LogP contribution >= 0.6 is 11.3 Å². The van der Waals surface area contributed by atoms with Crippen LogP contribution in [0.1, 0.15) is 5.56 Å². The van der Waals surface area contributed by atoms with Crippen LogP contribution in [-0.2, 0) is 6.61 Å². The van der Waals surface area contributed by atoms with E-state index >= 15 is 0 Å². The zero-order valence-corrected chi connectivity index (χ0v) is 11.4. The van der Waals surface area contributed by atoms with E-state index in [1.807, 2.05) is 30.3 Å². The van der Waals surface area contributed by atoms with E-state index in [2.05, 4.69) is 18.2 Å². The number of benzene rings is 2. The minimum absolute atomic E-state index is 0.0202. The van der Waals surface area contributed by atoms with Gasteiger partial charge in [0, 0.05) is 20.7 Å². The quantitative estimate of drug-likeness (QED) is 0.777. The number of hydrogen-bond donors (Lipinski definition) is 1. The van der Waals surface area contributed by atoms with E-state index in [1.165, 1.54) is 10.1 Å². The molecule has 0 atom stereocenters. The topological polar surface area (TPSA) is 29.5 Å². The van der Waals surface area contributed by atoms with Gasteiger partial charge in [-0.1, -0.05) is 30.3 Å². The molecule has 2 aromatic carbocycles. The van der Waals surface area contributed by atoms with Gasteiger partial charge in [-0.25, -0.2) is 0 Å². The van der Waals surface area contributed by atoms with Gasteiger partial charge >= 0.3 is 0 Å². The number of fused-ring (bicyclic) bond motifs is 1. The van der Waals surface area contributed by atoms with Gasteiger partial charge in [-0.15, -0.1) is 11.3 Å². The number of hydrogen-bond acceptors (Lipinski definition) is 3. The summed E-state index contributed by atoms with van der Waals surface area (Å²) in [6.45, 7) is -0.0202. The SMILES string of the molecule is COc1cccc(-c2cc3ccccc3s2)c1CO. The fourth-order valence-electron chi connectivity index (χ4n) is 2.27. The Morgan fingerprint density at radius 2 is 1.95 bits per heavy atom. The number of aliphatic hydroxyl groups excluding tert-OH is 1. The van der Waals surface area contributed by atoms with Crippen LogP contribution in [-0.4, -0.2) is 12.2 Å². The normalized spacial score (nSPS) is 10.8. The standard InChI is InChI=1S/C16H14O2S/c1-18-14-7-4-6-12(13(14)10-17)16-9-11-5-2-3-8-15(11)19-16/h2-9,17H,10H2,1H3. The molecule has 0 saturated carbocycles. The molecule has 0 fully saturated rings. The lowest BCUT2D eigenvalue weighted by Crippen LogP contribution is -1.94. The molecule has 3 aromatic rings. The molecule has 2 nitrogen and oxygen atoms in total. The Kier molecular flexibility index (Phi) is 3.23. The molecule has 0 spiro atoms. The summed E-state index contributed by atoms with van der Waals surface area (Å²) in [6.07, 6.45) is 0. The van der Waals surface area contributed by atoms with Gasteiger partial charge < -0.3 is 9.84 Å². The van der Waals surface area contributed by atoms with Crippen molar-refractivity contribution in [1.82, 2.24) is 0 Å². The van der Waals surface area contributed by atoms with Crippen molar-refractivity contribution in [3.63, 3.8) is 0 Å². The van der Waals surface area contributed by atoms with Gasteiger partial charge in [0.15, 0.2) is 0 Å². The summed E-state index contributed by atoms with van der Waals surface area (Å²) in [5.74, 6) is 0.734. The predicted molar refractivity (Wildman–Crippen MR) is 79.7 cm³/mol. The Bertz CT molecular complexity index is 683. The second-order valence-corrected chi connectivity index (χ2v) is 5.38. The molecule has 0 aliphatic heterocycles. The monoisotopic (exact) mass is 270 g/mol. The number of aliphatic hydroxyl groups is 1. The Morgan fingerprint density at radius 1 is 1.11 bits per heavy atom. The molecule has 0 aliphatic carbocycles. The van der Waals surface area contributed by atoms with Crippen molar-refractivity contribution in [2.24, 2.45) is 0 Å². The van der Waals surface area contributed by atoms with Crippen molar-refractivity contribution in [3.05, 3.63) is 54.1 Å². The zero-order chi connectivity index (χ0) is 13.2. The van der Waals surface area contributed by atoms with Crippen LogP contribution in [0.15, 0.2) is 48.5 Å². The highest BCUT2D eigenvalue weighted by atomic mass is 32.1. The first-order valence-corrected chi connectivity index (χ1v) is 6.91. The Labute approximate surface area is 115 Å². The third-order valence-corrected chi connectivity index (χ3v) is 4.35. The summed E-state index contributed by atoms with van der Waals surface area (Å²) in [4.78, 5) is 1.16. The Morgan fingerprint density at radius 3 is 2.68 bits per heavy atom. The van der Waals surface area contributed by atoms with Crippen molar-refractivity contribution in [3.8, 4) is 16.2 Å². The van der Waals surface area contributed by atoms with Crippen molar-refractivity contribution in [2.45, 2.75) is 6.61 Å². The predicted octanol–water partition coefficient (Wildman–Crippen LogP) is 4.07. The van der Waals surface area contributed by atoms with Gasteiger partial charge in [0.2, 0.25) is 0 Å². The van der Waals surface area contributed by atoms with Crippen LogP contribution in [0.25, 0.3) is 20.5 Å². The second-order valence-electron chi connectivity index (χ2n) is 4.29. The molecule has 0 amide bonds. The molecular formula is C16H14O2S.